The number of esters is 1. The second kappa shape index (κ2) is 8.81. The number of rotatable bonds is 7. The van der Waals surface area contributed by atoms with Crippen LogP contribution in [0.25, 0.3) is 0 Å². The molecule has 10 nitrogen and oxygen atoms in total. The molecule has 0 bridgehead atoms. The van der Waals surface area contributed by atoms with Gasteiger partial charge in [0.25, 0.3) is 0 Å². The minimum Gasteiger partial charge on any atom is -0.467 e. The monoisotopic (exact) mass is 338 g/mol. The van der Waals surface area contributed by atoms with Crippen molar-refractivity contribution in [2.24, 2.45) is 0 Å². The molecule has 0 radical (unpaired) electrons. The van der Waals surface area contributed by atoms with Crippen LogP contribution in [0.1, 0.15) is 39.4 Å². The Morgan fingerprint density at radius 3 is 2.71 bits per heavy atom. The fourth-order valence-electron chi connectivity index (χ4n) is 1.85. The van der Waals surface area contributed by atoms with Crippen molar-refractivity contribution >= 4 is 12.1 Å². The summed E-state index contributed by atoms with van der Waals surface area (Å²) in [6, 6.07) is 1.13. The van der Waals surface area contributed by atoms with Gasteiger partial charge in [-0.05, 0) is 37.6 Å². The van der Waals surface area contributed by atoms with E-state index < -0.39 is 23.7 Å². The Morgan fingerprint density at radius 2 is 2.12 bits per heavy atom. The van der Waals surface area contributed by atoms with E-state index >= 15 is 0 Å². The van der Waals surface area contributed by atoms with Gasteiger partial charge in [-0.3, -0.25) is 0 Å². The Hall–Kier alpha value is -2.70. The van der Waals surface area contributed by atoms with Gasteiger partial charge in [-0.25, -0.2) is 14.3 Å². The number of nitrogens with zero attached hydrogens (tertiary/aromatic N) is 5. The van der Waals surface area contributed by atoms with Crippen molar-refractivity contribution in [2.45, 2.75) is 58.2 Å². The van der Waals surface area contributed by atoms with E-state index in [0.717, 1.165) is 0 Å². The summed E-state index contributed by atoms with van der Waals surface area (Å²) in [5, 5.41) is 22.3. The van der Waals surface area contributed by atoms with Crippen LogP contribution in [0.2, 0.25) is 0 Å². The number of methoxy groups -OCH3 is 1. The van der Waals surface area contributed by atoms with Crippen molar-refractivity contribution in [3.8, 4) is 6.07 Å². The lowest BCUT2D eigenvalue weighted by Crippen LogP contribution is -2.44. The van der Waals surface area contributed by atoms with Crippen LogP contribution in [0.15, 0.2) is 0 Å². The molecule has 0 spiro atoms. The van der Waals surface area contributed by atoms with Gasteiger partial charge in [0.1, 0.15) is 11.6 Å². The zero-order valence-electron chi connectivity index (χ0n) is 14.3. The Balaban J connectivity index is 2.67. The van der Waals surface area contributed by atoms with Gasteiger partial charge >= 0.3 is 12.1 Å². The predicted molar refractivity (Wildman–Crippen MR) is 81.5 cm³/mol. The number of aromatic nitrogens is 4. The summed E-state index contributed by atoms with van der Waals surface area (Å²) >= 11 is 0. The molecule has 1 N–H and O–H groups in total. The van der Waals surface area contributed by atoms with Crippen LogP contribution in [0.5, 0.6) is 0 Å². The molecule has 1 heterocycles. The van der Waals surface area contributed by atoms with Crippen molar-refractivity contribution in [2.75, 3.05) is 7.11 Å². The number of tetrazole rings is 1. The highest BCUT2D eigenvalue weighted by Gasteiger charge is 2.25. The lowest BCUT2D eigenvalue weighted by molar-refractivity contribution is -0.143. The van der Waals surface area contributed by atoms with E-state index in [1.807, 2.05) is 6.07 Å². The maximum atomic E-state index is 11.8. The standard InChI is InChI=1S/C14H22N6O4/c1-14(2,3)24-13(22)16-10(12(21)23-4)6-7-11-17-18-19-20(11)9-5-8-15/h10H,5-7,9H2,1-4H3,(H,16,22)/t10-/m0/s1. The van der Waals surface area contributed by atoms with Crippen molar-refractivity contribution in [1.82, 2.24) is 25.5 Å². The minimum absolute atomic E-state index is 0.235. The molecule has 0 aliphatic heterocycles. The predicted octanol–water partition coefficient (Wildman–Crippen LogP) is 0.586. The molecule has 0 aliphatic carbocycles. The van der Waals surface area contributed by atoms with Crippen LogP contribution in [0.4, 0.5) is 4.79 Å². The molecular formula is C14H22N6O4. The maximum Gasteiger partial charge on any atom is 0.408 e. The number of nitrogens with one attached hydrogen (secondary N) is 1. The average Bonchev–Trinajstić information content (AvgIpc) is 2.94. The first-order valence-corrected chi connectivity index (χ1v) is 7.46. The molecule has 24 heavy (non-hydrogen) atoms. The van der Waals surface area contributed by atoms with Crippen LogP contribution >= 0.6 is 0 Å². The third kappa shape index (κ3) is 6.60. The second-order valence-electron chi connectivity index (χ2n) is 5.99. The van der Waals surface area contributed by atoms with E-state index in [0.29, 0.717) is 18.8 Å². The van der Waals surface area contributed by atoms with Gasteiger partial charge < -0.3 is 14.8 Å². The fraction of sp³-hybridized carbons (Fsp3) is 0.714. The molecule has 1 aromatic rings. The lowest BCUT2D eigenvalue weighted by atomic mass is 10.1. The van der Waals surface area contributed by atoms with Gasteiger partial charge in [-0.2, -0.15) is 5.26 Å². The summed E-state index contributed by atoms with van der Waals surface area (Å²) in [4.78, 5) is 23.7. The highest BCUT2D eigenvalue weighted by Crippen LogP contribution is 2.09. The molecular weight excluding hydrogens is 316 g/mol. The molecule has 10 heteroatoms. The molecule has 0 unspecified atom stereocenters. The third-order valence-electron chi connectivity index (χ3n) is 2.87. The van der Waals surface area contributed by atoms with Crippen LogP contribution in [0, 0.1) is 11.3 Å². The number of carbonyl (C=O) groups is 2. The molecule has 0 aromatic carbocycles. The number of hydrogen-bond donors (Lipinski definition) is 1. The normalized spacial score (nSPS) is 12.1. The smallest absolute Gasteiger partial charge is 0.408 e. The molecule has 1 rings (SSSR count). The molecule has 0 fully saturated rings. The van der Waals surface area contributed by atoms with Crippen molar-refractivity contribution in [1.29, 1.82) is 5.26 Å². The molecule has 0 aliphatic rings. The highest BCUT2D eigenvalue weighted by molar-refractivity contribution is 5.81. The SMILES string of the molecule is COC(=O)[C@H](CCc1nnnn1CCC#N)NC(=O)OC(C)(C)C. The molecule has 1 atom stereocenters. The first-order valence-electron chi connectivity index (χ1n) is 7.46. The van der Waals surface area contributed by atoms with Crippen molar-refractivity contribution in [3.05, 3.63) is 5.82 Å². The van der Waals surface area contributed by atoms with E-state index in [1.54, 1.807) is 20.8 Å². The minimum atomic E-state index is -0.883. The molecule has 1 aromatic heterocycles. The molecule has 132 valence electrons. The summed E-state index contributed by atoms with van der Waals surface area (Å²) in [5.41, 5.74) is -0.674. The van der Waals surface area contributed by atoms with Gasteiger partial charge in [0.15, 0.2) is 5.82 Å². The average molecular weight is 338 g/mol. The first kappa shape index (κ1) is 19.3. The zero-order valence-corrected chi connectivity index (χ0v) is 14.3. The van der Waals surface area contributed by atoms with Crippen molar-refractivity contribution < 1.29 is 19.1 Å². The van der Waals surface area contributed by atoms with Gasteiger partial charge in [0.05, 0.1) is 26.1 Å². The summed E-state index contributed by atoms with van der Waals surface area (Å²) in [5.74, 6) is -0.0675. The van der Waals surface area contributed by atoms with E-state index in [2.05, 4.69) is 20.8 Å². The first-order chi connectivity index (χ1) is 11.3. The van der Waals surface area contributed by atoms with E-state index in [4.69, 9.17) is 14.7 Å². The zero-order chi connectivity index (χ0) is 18.2. The Kier molecular flexibility index (Phi) is 7.10. The summed E-state index contributed by atoms with van der Waals surface area (Å²) < 4.78 is 11.3. The quantitative estimate of drug-likeness (QED) is 0.714. The van der Waals surface area contributed by atoms with Gasteiger partial charge in [-0.1, -0.05) is 0 Å². The van der Waals surface area contributed by atoms with Crippen LogP contribution in [-0.4, -0.2) is 51.0 Å². The maximum absolute atomic E-state index is 11.8. The van der Waals surface area contributed by atoms with Gasteiger partial charge in [-0.15, -0.1) is 5.10 Å². The number of hydrogen-bond acceptors (Lipinski definition) is 8. The number of ether oxygens (including phenoxy) is 2. The van der Waals surface area contributed by atoms with E-state index in [9.17, 15) is 9.59 Å². The number of alkyl carbamates (subject to hydrolysis) is 1. The fourth-order valence-corrected chi connectivity index (χ4v) is 1.85. The molecule has 1 amide bonds. The van der Waals surface area contributed by atoms with Crippen LogP contribution < -0.4 is 5.32 Å². The Bertz CT molecular complexity index is 601. The second-order valence-corrected chi connectivity index (χ2v) is 5.99. The summed E-state index contributed by atoms with van der Waals surface area (Å²) in [6.07, 6.45) is 0.128. The third-order valence-corrected chi connectivity index (χ3v) is 2.87. The van der Waals surface area contributed by atoms with Gasteiger partial charge in [0.2, 0.25) is 0 Å². The number of carbonyl (C=O) groups excluding carboxylic acids is 2. The highest BCUT2D eigenvalue weighted by atomic mass is 16.6. The topological polar surface area (TPSA) is 132 Å². The lowest BCUT2D eigenvalue weighted by Gasteiger charge is -2.22. The largest absolute Gasteiger partial charge is 0.467 e. The molecule has 0 saturated heterocycles. The van der Waals surface area contributed by atoms with Gasteiger partial charge in [0, 0.05) is 6.42 Å². The summed E-state index contributed by atoms with van der Waals surface area (Å²) in [6.45, 7) is 5.54. The number of nitriles is 1. The van der Waals surface area contributed by atoms with Crippen LogP contribution in [-0.2, 0) is 27.2 Å². The number of amides is 1. The van der Waals surface area contributed by atoms with E-state index in [-0.39, 0.29) is 12.8 Å². The Morgan fingerprint density at radius 1 is 1.42 bits per heavy atom. The van der Waals surface area contributed by atoms with Crippen molar-refractivity contribution in [3.63, 3.8) is 0 Å². The number of aryl methyl sites for hydroxylation is 2. The van der Waals surface area contributed by atoms with E-state index in [1.165, 1.54) is 11.8 Å². The Labute approximate surface area is 140 Å². The molecule has 0 saturated carbocycles. The summed E-state index contributed by atoms with van der Waals surface area (Å²) in [7, 11) is 1.24. The van der Waals surface area contributed by atoms with Crippen LogP contribution in [0.3, 0.4) is 0 Å².